The standard InChI is InChI=1S/C28H26ClN7O3.C2HF3O2/c29-22-15-30-27-32-20-8-4-5-17(13-20)9-10-18-14-21(31-25(22)36-27)11-12-23(18)34-26(38)24(16-37)35-28(39)33-19-6-2-1-3-7-19;3-2(4,5)1(6)7/h1-8,11-15,24,37H,9-10,16H2,(H,34,38)(H2,33,35,39)(H2,30,31,32,36);(H,6,7)/t24-;/m0./s1. The van der Waals surface area contributed by atoms with Gasteiger partial charge in [0.1, 0.15) is 11.1 Å². The molecule has 0 radical (unpaired) electrons. The van der Waals surface area contributed by atoms with Crippen LogP contribution in [0.2, 0.25) is 5.02 Å². The molecule has 0 unspecified atom stereocenters. The van der Waals surface area contributed by atoms with E-state index in [1.807, 2.05) is 36.4 Å². The van der Waals surface area contributed by atoms with E-state index in [1.54, 1.807) is 36.4 Å². The van der Waals surface area contributed by atoms with Gasteiger partial charge in [-0.05, 0) is 66.4 Å². The number of carbonyl (C=O) groups excluding carboxylic acids is 2. The van der Waals surface area contributed by atoms with Crippen LogP contribution in [0.5, 0.6) is 0 Å². The second-order valence-electron chi connectivity index (χ2n) is 9.70. The van der Waals surface area contributed by atoms with Gasteiger partial charge in [0.05, 0.1) is 12.8 Å². The number of aryl methyl sites for hydroxylation is 2. The van der Waals surface area contributed by atoms with Gasteiger partial charge >= 0.3 is 18.2 Å². The van der Waals surface area contributed by atoms with Gasteiger partial charge in [0.25, 0.3) is 0 Å². The summed E-state index contributed by atoms with van der Waals surface area (Å²) in [4.78, 5) is 43.1. The van der Waals surface area contributed by atoms with E-state index < -0.39 is 36.7 Å². The topological polar surface area (TPSA) is 178 Å². The molecule has 46 heavy (non-hydrogen) atoms. The van der Waals surface area contributed by atoms with Crippen molar-refractivity contribution >= 4 is 64.0 Å². The number of para-hydroxylation sites is 1. The average molecular weight is 658 g/mol. The van der Waals surface area contributed by atoms with Crippen molar-refractivity contribution in [2.75, 3.05) is 27.9 Å². The number of hydrogen-bond acceptors (Lipinski definition) is 8. The lowest BCUT2D eigenvalue weighted by molar-refractivity contribution is -0.192. The summed E-state index contributed by atoms with van der Waals surface area (Å²) in [6.45, 7) is -0.572. The van der Waals surface area contributed by atoms with Crippen LogP contribution in [0.1, 0.15) is 11.1 Å². The zero-order valence-corrected chi connectivity index (χ0v) is 24.5. The minimum absolute atomic E-state index is 0.355. The lowest BCUT2D eigenvalue weighted by Gasteiger charge is -2.19. The Morgan fingerprint density at radius 1 is 0.935 bits per heavy atom. The SMILES string of the molecule is O=C(Nc1ccccc1)N[C@@H](CO)C(=O)Nc1ccc2cc1CCc1cccc(c1)Nc1ncc(Cl)c(n1)N2.O=C(O)C(F)(F)F. The molecule has 7 N–H and O–H groups in total. The fraction of sp³-hybridized carbons (Fsp3) is 0.167. The monoisotopic (exact) mass is 657 g/mol. The third kappa shape index (κ3) is 9.54. The first-order chi connectivity index (χ1) is 21.9. The van der Waals surface area contributed by atoms with Gasteiger partial charge < -0.3 is 36.8 Å². The predicted molar refractivity (Wildman–Crippen MR) is 166 cm³/mol. The molecule has 1 atom stereocenters. The van der Waals surface area contributed by atoms with Crippen molar-refractivity contribution in [3.05, 3.63) is 95.1 Å². The summed E-state index contributed by atoms with van der Waals surface area (Å²) in [7, 11) is 0. The highest BCUT2D eigenvalue weighted by molar-refractivity contribution is 6.32. The van der Waals surface area contributed by atoms with Gasteiger partial charge in [0, 0.05) is 22.7 Å². The van der Waals surface area contributed by atoms with Crippen molar-refractivity contribution in [3.63, 3.8) is 0 Å². The summed E-state index contributed by atoms with van der Waals surface area (Å²) in [5, 5.41) is 31.8. The number of halogens is 4. The van der Waals surface area contributed by atoms with Gasteiger partial charge in [-0.25, -0.2) is 14.6 Å². The van der Waals surface area contributed by atoms with Crippen molar-refractivity contribution in [2.24, 2.45) is 0 Å². The molecule has 0 aliphatic carbocycles. The number of aliphatic carboxylic acids is 1. The number of benzene rings is 3. The zero-order chi connectivity index (χ0) is 33.3. The van der Waals surface area contributed by atoms with Gasteiger partial charge in [0.2, 0.25) is 11.9 Å². The number of alkyl halides is 3. The highest BCUT2D eigenvalue weighted by atomic mass is 35.5. The predicted octanol–water partition coefficient (Wildman–Crippen LogP) is 5.47. The maximum atomic E-state index is 13.1. The first-order valence-corrected chi connectivity index (χ1v) is 13.9. The summed E-state index contributed by atoms with van der Waals surface area (Å²) < 4.78 is 31.7. The van der Waals surface area contributed by atoms with Crippen molar-refractivity contribution < 1.29 is 37.8 Å². The number of carbonyl (C=O) groups is 3. The molecule has 3 amide bonds. The van der Waals surface area contributed by atoms with Crippen molar-refractivity contribution in [1.29, 1.82) is 0 Å². The number of nitrogens with one attached hydrogen (secondary N) is 5. The van der Waals surface area contributed by atoms with Crippen LogP contribution in [0.25, 0.3) is 0 Å². The van der Waals surface area contributed by atoms with E-state index >= 15 is 0 Å². The molecule has 6 bridgehead atoms. The Hall–Kier alpha value is -5.41. The molecule has 1 aliphatic heterocycles. The van der Waals surface area contributed by atoms with Crippen LogP contribution in [0.4, 0.5) is 52.5 Å². The molecule has 16 heteroatoms. The second kappa shape index (κ2) is 15.0. The number of fused-ring (bicyclic) bond motifs is 6. The molecule has 2 heterocycles. The largest absolute Gasteiger partial charge is 0.490 e. The summed E-state index contributed by atoms with van der Waals surface area (Å²) in [5.41, 5.74) is 4.62. The van der Waals surface area contributed by atoms with E-state index in [2.05, 4.69) is 36.6 Å². The number of aliphatic hydroxyl groups is 1. The molecule has 0 saturated carbocycles. The van der Waals surface area contributed by atoms with Gasteiger partial charge in [-0.15, -0.1) is 0 Å². The third-order valence-electron chi connectivity index (χ3n) is 6.31. The van der Waals surface area contributed by atoms with E-state index in [4.69, 9.17) is 21.5 Å². The molecule has 12 nitrogen and oxygen atoms in total. The number of carboxylic acids is 1. The lowest BCUT2D eigenvalue weighted by atomic mass is 10.0. The lowest BCUT2D eigenvalue weighted by Crippen LogP contribution is -2.47. The van der Waals surface area contributed by atoms with Crippen LogP contribution >= 0.6 is 11.6 Å². The Morgan fingerprint density at radius 3 is 2.35 bits per heavy atom. The fourth-order valence-corrected chi connectivity index (χ4v) is 4.26. The number of urea groups is 1. The number of aromatic nitrogens is 2. The molecule has 0 fully saturated rings. The summed E-state index contributed by atoms with van der Waals surface area (Å²) in [6, 6.07) is 20.4. The number of nitrogens with zero attached hydrogens (tertiary/aromatic N) is 2. The summed E-state index contributed by atoms with van der Waals surface area (Å²) in [6.07, 6.45) is -2.26. The minimum Gasteiger partial charge on any atom is -0.475 e. The number of hydrogen-bond donors (Lipinski definition) is 7. The second-order valence-corrected chi connectivity index (χ2v) is 10.1. The Kier molecular flexibility index (Phi) is 11.0. The van der Waals surface area contributed by atoms with Crippen LogP contribution in [-0.2, 0) is 22.4 Å². The minimum atomic E-state index is -5.08. The van der Waals surface area contributed by atoms with Crippen molar-refractivity contribution in [2.45, 2.75) is 25.1 Å². The van der Waals surface area contributed by atoms with Crippen LogP contribution in [0, 0.1) is 0 Å². The van der Waals surface area contributed by atoms with Gasteiger partial charge in [-0.3, -0.25) is 4.79 Å². The highest BCUT2D eigenvalue weighted by Crippen LogP contribution is 2.29. The van der Waals surface area contributed by atoms with Gasteiger partial charge in [-0.2, -0.15) is 18.2 Å². The Morgan fingerprint density at radius 2 is 1.65 bits per heavy atom. The zero-order valence-electron chi connectivity index (χ0n) is 23.7. The van der Waals surface area contributed by atoms with Crippen LogP contribution in [0.3, 0.4) is 0 Å². The number of anilines is 6. The molecule has 1 aliphatic rings. The smallest absolute Gasteiger partial charge is 0.475 e. The van der Waals surface area contributed by atoms with Gasteiger partial charge in [-0.1, -0.05) is 41.9 Å². The summed E-state index contributed by atoms with van der Waals surface area (Å²) in [5.74, 6) is -2.47. The maximum Gasteiger partial charge on any atom is 0.490 e. The van der Waals surface area contributed by atoms with E-state index in [1.165, 1.54) is 6.20 Å². The first-order valence-electron chi connectivity index (χ1n) is 13.5. The van der Waals surface area contributed by atoms with Crippen LogP contribution < -0.4 is 26.6 Å². The van der Waals surface area contributed by atoms with Crippen molar-refractivity contribution in [1.82, 2.24) is 15.3 Å². The molecule has 3 aromatic carbocycles. The number of amides is 3. The normalized spacial score (nSPS) is 12.5. The molecule has 1 aromatic heterocycles. The van der Waals surface area contributed by atoms with Crippen LogP contribution in [0.15, 0.2) is 79.0 Å². The molecule has 4 aromatic rings. The number of aliphatic hydroxyl groups excluding tert-OH is 1. The number of rotatable bonds is 5. The van der Waals surface area contributed by atoms with E-state index in [9.17, 15) is 27.9 Å². The van der Waals surface area contributed by atoms with Gasteiger partial charge in [0.15, 0.2) is 5.82 Å². The maximum absolute atomic E-state index is 13.1. The molecule has 5 rings (SSSR count). The van der Waals surface area contributed by atoms with Crippen LogP contribution in [-0.4, -0.2) is 56.9 Å². The molecular formula is C30H27ClF3N7O5. The molecular weight excluding hydrogens is 631 g/mol. The highest BCUT2D eigenvalue weighted by Gasteiger charge is 2.38. The summed E-state index contributed by atoms with van der Waals surface area (Å²) >= 11 is 6.34. The van der Waals surface area contributed by atoms with Crippen molar-refractivity contribution in [3.8, 4) is 0 Å². The fourth-order valence-electron chi connectivity index (χ4n) is 4.13. The molecule has 0 spiro atoms. The van der Waals surface area contributed by atoms with E-state index in [0.717, 1.165) is 22.5 Å². The molecule has 0 saturated heterocycles. The number of carboxylic acid groups (broad SMARTS) is 1. The Bertz CT molecular complexity index is 1710. The third-order valence-corrected chi connectivity index (χ3v) is 6.59. The average Bonchev–Trinajstić information content (AvgIpc) is 3.02. The quantitative estimate of drug-likeness (QED) is 0.147. The van der Waals surface area contributed by atoms with E-state index in [0.29, 0.717) is 41.0 Å². The van der Waals surface area contributed by atoms with E-state index in [-0.39, 0.29) is 0 Å². The molecule has 240 valence electrons. The first kappa shape index (κ1) is 33.5. The Balaban J connectivity index is 0.000000617. The Labute approximate surface area is 265 Å².